The molecule has 96 valence electrons. The van der Waals surface area contributed by atoms with Crippen LogP contribution in [-0.2, 0) is 16.0 Å². The van der Waals surface area contributed by atoms with Gasteiger partial charge in [0.2, 0.25) is 11.8 Å². The minimum atomic E-state index is -0.609. The molecule has 1 fully saturated rings. The molecule has 18 heavy (non-hydrogen) atoms. The molecule has 1 aliphatic rings. The number of nitrogens with one attached hydrogen (secondary N) is 2. The van der Waals surface area contributed by atoms with Crippen molar-refractivity contribution >= 4 is 29.1 Å². The summed E-state index contributed by atoms with van der Waals surface area (Å²) < 4.78 is 0. The van der Waals surface area contributed by atoms with Gasteiger partial charge in [0.15, 0.2) is 0 Å². The van der Waals surface area contributed by atoms with Crippen LogP contribution in [0.2, 0.25) is 0 Å². The summed E-state index contributed by atoms with van der Waals surface area (Å²) in [5, 5.41) is 6.75. The van der Waals surface area contributed by atoms with Crippen LogP contribution in [0.15, 0.2) is 11.4 Å². The van der Waals surface area contributed by atoms with Gasteiger partial charge in [-0.1, -0.05) is 6.92 Å². The number of carbonyl (C=O) groups is 3. The molecule has 2 heterocycles. The zero-order chi connectivity index (χ0) is 13.1. The molecule has 1 aromatic rings. The molecule has 0 aromatic carbocycles. The SMILES string of the molecule is CCc1ccsc1C(=O)NC1CCC(=O)NC1=O. The Labute approximate surface area is 109 Å². The van der Waals surface area contributed by atoms with Crippen molar-refractivity contribution in [3.8, 4) is 0 Å². The Hall–Kier alpha value is -1.69. The molecule has 6 heteroatoms. The Balaban J connectivity index is 2.03. The van der Waals surface area contributed by atoms with E-state index in [1.807, 2.05) is 18.4 Å². The smallest absolute Gasteiger partial charge is 0.262 e. The van der Waals surface area contributed by atoms with E-state index in [0.717, 1.165) is 12.0 Å². The fraction of sp³-hybridized carbons (Fsp3) is 0.417. The number of hydrogen-bond donors (Lipinski definition) is 2. The van der Waals surface area contributed by atoms with Crippen LogP contribution in [-0.4, -0.2) is 23.8 Å². The van der Waals surface area contributed by atoms with Crippen molar-refractivity contribution in [1.29, 1.82) is 0 Å². The number of carbonyl (C=O) groups excluding carboxylic acids is 3. The first-order valence-electron chi connectivity index (χ1n) is 5.82. The molecule has 0 aliphatic carbocycles. The van der Waals surface area contributed by atoms with Crippen LogP contribution < -0.4 is 10.6 Å². The zero-order valence-electron chi connectivity index (χ0n) is 9.99. The van der Waals surface area contributed by atoms with Crippen LogP contribution in [0.25, 0.3) is 0 Å². The van der Waals surface area contributed by atoms with Gasteiger partial charge in [0.05, 0.1) is 4.88 Å². The Kier molecular flexibility index (Phi) is 3.76. The van der Waals surface area contributed by atoms with Gasteiger partial charge in [-0.15, -0.1) is 11.3 Å². The standard InChI is InChI=1S/C12H14N2O3S/c1-2-7-5-6-18-10(7)12(17)13-8-3-4-9(15)14-11(8)16/h5-6,8H,2-4H2,1H3,(H,13,17)(H,14,15,16). The molecule has 0 bridgehead atoms. The molecule has 2 rings (SSSR count). The first-order valence-corrected chi connectivity index (χ1v) is 6.70. The first kappa shape index (κ1) is 12.8. The first-order chi connectivity index (χ1) is 8.61. The summed E-state index contributed by atoms with van der Waals surface area (Å²) in [6, 6.07) is 1.30. The number of amides is 3. The molecule has 2 N–H and O–H groups in total. The van der Waals surface area contributed by atoms with Crippen LogP contribution in [0.1, 0.15) is 35.0 Å². The van der Waals surface area contributed by atoms with Crippen molar-refractivity contribution in [1.82, 2.24) is 10.6 Å². The lowest BCUT2D eigenvalue weighted by atomic mass is 10.1. The maximum Gasteiger partial charge on any atom is 0.262 e. The van der Waals surface area contributed by atoms with Gasteiger partial charge in [-0.3, -0.25) is 19.7 Å². The van der Waals surface area contributed by atoms with Crippen molar-refractivity contribution in [2.75, 3.05) is 0 Å². The fourth-order valence-corrected chi connectivity index (χ4v) is 2.77. The Morgan fingerprint density at radius 1 is 1.56 bits per heavy atom. The minimum absolute atomic E-state index is 0.239. The quantitative estimate of drug-likeness (QED) is 0.796. The van der Waals surface area contributed by atoms with Crippen LogP contribution in [0, 0.1) is 0 Å². The summed E-state index contributed by atoms with van der Waals surface area (Å²) in [6.07, 6.45) is 1.41. The molecule has 1 atom stereocenters. The molecule has 0 spiro atoms. The average Bonchev–Trinajstić information content (AvgIpc) is 2.81. The molecular formula is C12H14N2O3S. The third-order valence-corrected chi connectivity index (χ3v) is 3.83. The third kappa shape index (κ3) is 2.59. The van der Waals surface area contributed by atoms with E-state index in [0.29, 0.717) is 11.3 Å². The highest BCUT2D eigenvalue weighted by atomic mass is 32.1. The van der Waals surface area contributed by atoms with E-state index in [2.05, 4.69) is 10.6 Å². The van der Waals surface area contributed by atoms with Gasteiger partial charge in [0.1, 0.15) is 6.04 Å². The summed E-state index contributed by atoms with van der Waals surface area (Å²) in [7, 11) is 0. The van der Waals surface area contributed by atoms with Gasteiger partial charge >= 0.3 is 0 Å². The Bertz CT molecular complexity index is 495. The second-order valence-corrected chi connectivity index (χ2v) is 5.02. The van der Waals surface area contributed by atoms with E-state index >= 15 is 0 Å². The lowest BCUT2D eigenvalue weighted by Crippen LogP contribution is -2.52. The van der Waals surface area contributed by atoms with E-state index in [9.17, 15) is 14.4 Å². The summed E-state index contributed by atoms with van der Waals surface area (Å²) >= 11 is 1.36. The lowest BCUT2D eigenvalue weighted by Gasteiger charge is -2.21. The van der Waals surface area contributed by atoms with Crippen LogP contribution in [0.3, 0.4) is 0 Å². The summed E-state index contributed by atoms with van der Waals surface area (Å²) in [5.41, 5.74) is 0.977. The van der Waals surface area contributed by atoms with Crippen molar-refractivity contribution < 1.29 is 14.4 Å². The Morgan fingerprint density at radius 3 is 3.00 bits per heavy atom. The van der Waals surface area contributed by atoms with E-state index in [-0.39, 0.29) is 18.2 Å². The Morgan fingerprint density at radius 2 is 2.33 bits per heavy atom. The van der Waals surface area contributed by atoms with Gasteiger partial charge in [0, 0.05) is 6.42 Å². The molecule has 3 amide bonds. The van der Waals surface area contributed by atoms with Gasteiger partial charge in [-0.2, -0.15) is 0 Å². The van der Waals surface area contributed by atoms with Gasteiger partial charge < -0.3 is 5.32 Å². The number of thiophene rings is 1. The molecular weight excluding hydrogens is 252 g/mol. The predicted octanol–water partition coefficient (Wildman–Crippen LogP) is 0.845. The van der Waals surface area contributed by atoms with E-state index in [1.54, 1.807) is 0 Å². The fourth-order valence-electron chi connectivity index (χ4n) is 1.87. The second kappa shape index (κ2) is 5.30. The molecule has 1 aromatic heterocycles. The lowest BCUT2D eigenvalue weighted by molar-refractivity contribution is -0.134. The molecule has 1 saturated heterocycles. The number of imide groups is 1. The zero-order valence-corrected chi connectivity index (χ0v) is 10.8. The monoisotopic (exact) mass is 266 g/mol. The van der Waals surface area contributed by atoms with Gasteiger partial charge in [-0.05, 0) is 29.9 Å². The number of hydrogen-bond acceptors (Lipinski definition) is 4. The van der Waals surface area contributed by atoms with Gasteiger partial charge in [-0.25, -0.2) is 0 Å². The second-order valence-electron chi connectivity index (χ2n) is 4.11. The largest absolute Gasteiger partial charge is 0.340 e. The normalized spacial score (nSPS) is 19.5. The van der Waals surface area contributed by atoms with Gasteiger partial charge in [0.25, 0.3) is 5.91 Å². The van der Waals surface area contributed by atoms with Crippen molar-refractivity contribution in [2.24, 2.45) is 0 Å². The maximum atomic E-state index is 12.0. The number of aryl methyl sites for hydroxylation is 1. The number of rotatable bonds is 3. The van der Waals surface area contributed by atoms with Crippen LogP contribution in [0.4, 0.5) is 0 Å². The summed E-state index contributed by atoms with van der Waals surface area (Å²) in [5.74, 6) is -0.943. The van der Waals surface area contributed by atoms with E-state index in [4.69, 9.17) is 0 Å². The molecule has 1 aliphatic heterocycles. The van der Waals surface area contributed by atoms with Crippen molar-refractivity contribution in [2.45, 2.75) is 32.2 Å². The highest BCUT2D eigenvalue weighted by Crippen LogP contribution is 2.17. The van der Waals surface area contributed by atoms with E-state index in [1.165, 1.54) is 11.3 Å². The van der Waals surface area contributed by atoms with Crippen molar-refractivity contribution in [3.63, 3.8) is 0 Å². The predicted molar refractivity (Wildman–Crippen MR) is 67.3 cm³/mol. The van der Waals surface area contributed by atoms with Crippen LogP contribution in [0.5, 0.6) is 0 Å². The maximum absolute atomic E-state index is 12.0. The minimum Gasteiger partial charge on any atom is -0.340 e. The highest BCUT2D eigenvalue weighted by Gasteiger charge is 2.28. The summed E-state index contributed by atoms with van der Waals surface area (Å²) in [6.45, 7) is 1.98. The third-order valence-electron chi connectivity index (χ3n) is 2.88. The highest BCUT2D eigenvalue weighted by molar-refractivity contribution is 7.12. The average molecular weight is 266 g/mol. The van der Waals surface area contributed by atoms with E-state index < -0.39 is 11.9 Å². The summed E-state index contributed by atoms with van der Waals surface area (Å²) in [4.78, 5) is 35.2. The molecule has 1 unspecified atom stereocenters. The number of piperidine rings is 1. The topological polar surface area (TPSA) is 75.3 Å². The molecule has 5 nitrogen and oxygen atoms in total. The molecule has 0 saturated carbocycles. The van der Waals surface area contributed by atoms with Crippen LogP contribution >= 0.6 is 11.3 Å². The molecule has 0 radical (unpaired) electrons. The van der Waals surface area contributed by atoms with Crippen molar-refractivity contribution in [3.05, 3.63) is 21.9 Å².